The van der Waals surface area contributed by atoms with Crippen LogP contribution in [0.2, 0.25) is 0 Å². The van der Waals surface area contributed by atoms with Gasteiger partial charge in [-0.05, 0) is 0 Å². The smallest absolute Gasteiger partial charge is 0.0720 e. The van der Waals surface area contributed by atoms with Gasteiger partial charge in [-0.15, -0.1) is 28.8 Å². The van der Waals surface area contributed by atoms with Crippen molar-refractivity contribution in [3.63, 3.8) is 0 Å². The molecule has 1 aromatic rings. The van der Waals surface area contributed by atoms with E-state index in [1.807, 2.05) is 30.3 Å². The number of ketones is 2. The molecule has 0 bridgehead atoms. The van der Waals surface area contributed by atoms with E-state index in [1.165, 1.54) is 0 Å². The summed E-state index contributed by atoms with van der Waals surface area (Å²) in [4.78, 5) is 22.4. The van der Waals surface area contributed by atoms with Gasteiger partial charge in [0.1, 0.15) is 0 Å². The van der Waals surface area contributed by atoms with Gasteiger partial charge in [-0.3, -0.25) is 0 Å². The Morgan fingerprint density at radius 3 is 2.11 bits per heavy atom. The standard InChI is InChI=1S/C9H8ClO2.C5H5.Co/c1-5-6(2)9(12)7(4-10)3-8(5)11;1-2-4-5-3-1;/h4H2,1-2H3;1-5H;/q2*-1;. The molecule has 0 saturated heterocycles. The molecule has 0 aromatic heterocycles. The predicted octanol–water partition coefficient (Wildman–Crippen LogP) is 2.85. The molecule has 1 radical (unpaired) electrons. The van der Waals surface area contributed by atoms with Gasteiger partial charge in [0, 0.05) is 22.7 Å². The number of rotatable bonds is 1. The van der Waals surface area contributed by atoms with E-state index in [2.05, 4.69) is 6.08 Å². The van der Waals surface area contributed by atoms with Crippen LogP contribution in [0.25, 0.3) is 0 Å². The summed E-state index contributed by atoms with van der Waals surface area (Å²) >= 11 is 5.46. The van der Waals surface area contributed by atoms with Gasteiger partial charge >= 0.3 is 0 Å². The number of halogens is 1. The van der Waals surface area contributed by atoms with Gasteiger partial charge in [0.15, 0.2) is 0 Å². The van der Waals surface area contributed by atoms with Crippen LogP contribution in [0.1, 0.15) is 13.8 Å². The second-order valence-corrected chi connectivity index (χ2v) is 3.87. The zero-order valence-corrected chi connectivity index (χ0v) is 11.9. The zero-order chi connectivity index (χ0) is 12.8. The molecule has 0 saturated carbocycles. The van der Waals surface area contributed by atoms with Crippen LogP contribution in [0.4, 0.5) is 0 Å². The molecule has 0 amide bonds. The third-order valence-electron chi connectivity index (χ3n) is 2.47. The first-order valence-electron chi connectivity index (χ1n) is 5.20. The fraction of sp³-hybridized carbons (Fsp3) is 0.214. The fourth-order valence-electron chi connectivity index (χ4n) is 1.27. The Bertz CT molecular complexity index is 453. The molecule has 0 unspecified atom stereocenters. The molecule has 2 rings (SSSR count). The van der Waals surface area contributed by atoms with Crippen molar-refractivity contribution in [2.45, 2.75) is 13.8 Å². The molecule has 0 atom stereocenters. The fourth-order valence-corrected chi connectivity index (χ4v) is 1.46. The van der Waals surface area contributed by atoms with Crippen molar-refractivity contribution in [1.29, 1.82) is 0 Å². The molecule has 0 heterocycles. The summed E-state index contributed by atoms with van der Waals surface area (Å²) in [5, 5.41) is 0. The van der Waals surface area contributed by atoms with E-state index in [9.17, 15) is 9.59 Å². The Labute approximate surface area is 122 Å². The van der Waals surface area contributed by atoms with Crippen LogP contribution in [-0.2, 0) is 26.4 Å². The maximum atomic E-state index is 11.3. The Morgan fingerprint density at radius 1 is 1.17 bits per heavy atom. The minimum absolute atomic E-state index is 0. The molecule has 0 N–H and O–H groups in total. The van der Waals surface area contributed by atoms with Gasteiger partial charge in [-0.25, -0.2) is 12.1 Å². The van der Waals surface area contributed by atoms with Crippen molar-refractivity contribution < 1.29 is 26.4 Å². The molecule has 1 aromatic carbocycles. The first-order chi connectivity index (χ1) is 8.07. The first kappa shape index (κ1) is 17.0. The van der Waals surface area contributed by atoms with Crippen LogP contribution in [0.5, 0.6) is 0 Å². The second-order valence-electron chi connectivity index (χ2n) is 3.61. The first-order valence-corrected chi connectivity index (χ1v) is 5.73. The van der Waals surface area contributed by atoms with Crippen LogP contribution in [0.15, 0.2) is 47.1 Å². The van der Waals surface area contributed by atoms with Crippen LogP contribution in [0.3, 0.4) is 0 Å². The van der Waals surface area contributed by atoms with E-state index in [4.69, 9.17) is 11.6 Å². The molecule has 1 aliphatic carbocycles. The predicted molar refractivity (Wildman–Crippen MR) is 67.9 cm³/mol. The van der Waals surface area contributed by atoms with Gasteiger partial charge in [0.2, 0.25) is 0 Å². The summed E-state index contributed by atoms with van der Waals surface area (Å²) in [6.45, 7) is 3.25. The summed E-state index contributed by atoms with van der Waals surface area (Å²) in [6.07, 6.45) is 2.43. The largest absolute Gasteiger partial charge is 0.366 e. The van der Waals surface area contributed by atoms with Crippen molar-refractivity contribution in [2.24, 2.45) is 0 Å². The summed E-state index contributed by atoms with van der Waals surface area (Å²) in [5.41, 5.74) is 1.22. The van der Waals surface area contributed by atoms with E-state index >= 15 is 0 Å². The van der Waals surface area contributed by atoms with Crippen LogP contribution >= 0.6 is 11.6 Å². The van der Waals surface area contributed by atoms with Gasteiger partial charge in [-0.1, -0.05) is 19.4 Å². The van der Waals surface area contributed by atoms with Gasteiger partial charge in [-0.2, -0.15) is 18.2 Å². The molecule has 0 fully saturated rings. The molecule has 1 aliphatic rings. The average molecular weight is 308 g/mol. The minimum Gasteiger partial charge on any atom is -0.366 e. The maximum absolute atomic E-state index is 11.3. The van der Waals surface area contributed by atoms with Crippen molar-refractivity contribution in [2.75, 3.05) is 5.88 Å². The number of carbonyl (C=O) groups is 2. The van der Waals surface area contributed by atoms with E-state index in [-0.39, 0.29) is 39.8 Å². The molecule has 0 aliphatic heterocycles. The number of alkyl halides is 1. The Kier molecular flexibility index (Phi) is 7.67. The third-order valence-corrected chi connectivity index (χ3v) is 2.74. The number of Topliss-reactive ketones (excluding diaryl/α,β-unsaturated/α-hetero) is 2. The SMILES string of the molecule is CC1=C(C)C(=O)C(CCl)=[C-]C1=O.[Co].c1cc[cH-]c1. The number of hydrogen-bond acceptors (Lipinski definition) is 2. The molecule has 0 spiro atoms. The summed E-state index contributed by atoms with van der Waals surface area (Å²) in [5.74, 6) is -0.347. The van der Waals surface area contributed by atoms with Crippen molar-refractivity contribution >= 4 is 23.2 Å². The molecular weight excluding hydrogens is 295 g/mol. The Balaban J connectivity index is 0.000000405. The monoisotopic (exact) mass is 307 g/mol. The van der Waals surface area contributed by atoms with Crippen LogP contribution in [-0.4, -0.2) is 17.4 Å². The van der Waals surface area contributed by atoms with E-state index in [0.29, 0.717) is 11.1 Å². The average Bonchev–Trinajstić information content (AvgIpc) is 2.90. The minimum atomic E-state index is -0.234. The molecule has 99 valence electrons. The van der Waals surface area contributed by atoms with E-state index in [1.54, 1.807) is 13.8 Å². The molecule has 18 heavy (non-hydrogen) atoms. The number of hydrogen-bond donors (Lipinski definition) is 0. The topological polar surface area (TPSA) is 34.1 Å². The quantitative estimate of drug-likeness (QED) is 0.454. The molecule has 4 heteroatoms. The maximum Gasteiger partial charge on any atom is 0.0720 e. The summed E-state index contributed by atoms with van der Waals surface area (Å²) in [6, 6.07) is 10.0. The van der Waals surface area contributed by atoms with E-state index < -0.39 is 0 Å². The number of carbonyl (C=O) groups excluding carboxylic acids is 2. The number of allylic oxidation sites excluding steroid dienone is 4. The van der Waals surface area contributed by atoms with E-state index in [0.717, 1.165) is 0 Å². The van der Waals surface area contributed by atoms with Gasteiger partial charge in [0.25, 0.3) is 0 Å². The van der Waals surface area contributed by atoms with Crippen LogP contribution in [0, 0.1) is 6.08 Å². The summed E-state index contributed by atoms with van der Waals surface area (Å²) in [7, 11) is 0. The third kappa shape index (κ3) is 4.33. The van der Waals surface area contributed by atoms with Gasteiger partial charge in [0.05, 0.1) is 11.6 Å². The molecular formula is C14H13ClCoO2-2. The zero-order valence-electron chi connectivity index (χ0n) is 10.1. The second kappa shape index (κ2) is 8.14. The van der Waals surface area contributed by atoms with Crippen molar-refractivity contribution in [3.8, 4) is 0 Å². The van der Waals surface area contributed by atoms with Gasteiger partial charge < -0.3 is 9.59 Å². The van der Waals surface area contributed by atoms with Crippen molar-refractivity contribution in [1.82, 2.24) is 0 Å². The van der Waals surface area contributed by atoms with Crippen LogP contribution < -0.4 is 0 Å². The summed E-state index contributed by atoms with van der Waals surface area (Å²) < 4.78 is 0. The normalized spacial score (nSPS) is 14.5. The Hall–Kier alpha value is -1.03. The molecule has 2 nitrogen and oxygen atoms in total. The van der Waals surface area contributed by atoms with Crippen molar-refractivity contribution in [3.05, 3.63) is 53.1 Å². The Morgan fingerprint density at radius 2 is 1.72 bits per heavy atom.